The van der Waals surface area contributed by atoms with Crippen molar-refractivity contribution in [2.75, 3.05) is 0 Å². The molecule has 0 saturated heterocycles. The average Bonchev–Trinajstić information content (AvgIpc) is 3.38. The van der Waals surface area contributed by atoms with Gasteiger partial charge in [0.25, 0.3) is 5.82 Å². The molecule has 3 nitrogen and oxygen atoms in total. The molecule has 0 fully saturated rings. The molecule has 0 amide bonds. The van der Waals surface area contributed by atoms with Gasteiger partial charge in [0.15, 0.2) is 22.8 Å². The number of fused-ring (bicyclic) bond motifs is 4. The van der Waals surface area contributed by atoms with E-state index < -0.39 is 0 Å². The van der Waals surface area contributed by atoms with Crippen LogP contribution in [0.4, 0.5) is 0 Å². The van der Waals surface area contributed by atoms with E-state index in [0.717, 1.165) is 32.1 Å². The lowest BCUT2D eigenvalue weighted by molar-refractivity contribution is -0.770. The molecule has 45 heavy (non-hydrogen) atoms. The number of para-hydroxylation sites is 3. The molecular formula is C42H45N3+2. The zero-order valence-corrected chi connectivity index (χ0v) is 27.4. The maximum absolute atomic E-state index is 2.67. The molecule has 0 bridgehead atoms. The lowest BCUT2D eigenvalue weighted by Crippen LogP contribution is -2.69. The summed E-state index contributed by atoms with van der Waals surface area (Å²) < 4.78 is 7.48. The van der Waals surface area contributed by atoms with Crippen LogP contribution in [-0.4, -0.2) is 4.57 Å². The zero-order chi connectivity index (χ0) is 31.2. The first kappa shape index (κ1) is 29.2. The highest BCUT2D eigenvalue weighted by molar-refractivity contribution is 5.79. The molecule has 3 heteroatoms. The minimum atomic E-state index is -0.0179. The third-order valence-corrected chi connectivity index (χ3v) is 11.1. The molecule has 0 aliphatic carbocycles. The van der Waals surface area contributed by atoms with Gasteiger partial charge in [0.1, 0.15) is 5.69 Å². The van der Waals surface area contributed by atoms with Crippen molar-refractivity contribution in [2.24, 2.45) is 7.05 Å². The standard InChI is InChI=1S/C42H45N3/c1-6-41(4)36-26-14-13-25-35(36)39-31(3)19-18-30-44(39)42(41,7-2)29-17-21-32-20-11-12-24-34(32)40-43(5)37-27-15-16-28-38(37)45(40)33-22-9-8-10-23-33/h8-16,18-20,22-28,30H,6-7,17,21,29H2,1-5H3/q+2. The summed E-state index contributed by atoms with van der Waals surface area (Å²) in [5.74, 6) is 1.23. The summed E-state index contributed by atoms with van der Waals surface area (Å²) >= 11 is 0. The average molecular weight is 592 g/mol. The van der Waals surface area contributed by atoms with Gasteiger partial charge in [-0.15, -0.1) is 0 Å². The van der Waals surface area contributed by atoms with Gasteiger partial charge in [0.05, 0.1) is 23.6 Å². The number of pyridine rings is 1. The molecule has 7 rings (SSSR count). The molecule has 0 saturated carbocycles. The quantitative estimate of drug-likeness (QED) is 0.157. The summed E-state index contributed by atoms with van der Waals surface area (Å²) in [5, 5.41) is 0. The van der Waals surface area contributed by atoms with Crippen LogP contribution in [0.5, 0.6) is 0 Å². The van der Waals surface area contributed by atoms with Gasteiger partial charge in [-0.2, -0.15) is 9.13 Å². The van der Waals surface area contributed by atoms with E-state index in [-0.39, 0.29) is 11.0 Å². The van der Waals surface area contributed by atoms with E-state index in [1.165, 1.54) is 56.1 Å². The van der Waals surface area contributed by atoms with Crippen LogP contribution >= 0.6 is 0 Å². The Morgan fingerprint density at radius 3 is 2.18 bits per heavy atom. The lowest BCUT2D eigenvalue weighted by Gasteiger charge is -2.48. The van der Waals surface area contributed by atoms with Crippen LogP contribution in [0.15, 0.2) is 121 Å². The Bertz CT molecular complexity index is 2000. The minimum absolute atomic E-state index is 0.0179. The van der Waals surface area contributed by atoms with Gasteiger partial charge >= 0.3 is 0 Å². The summed E-state index contributed by atoms with van der Waals surface area (Å²) in [6.45, 7) is 9.60. The maximum atomic E-state index is 2.67. The number of aromatic nitrogens is 3. The lowest BCUT2D eigenvalue weighted by atomic mass is 9.58. The van der Waals surface area contributed by atoms with E-state index in [2.05, 4.69) is 170 Å². The topological polar surface area (TPSA) is 12.7 Å². The number of imidazole rings is 1. The van der Waals surface area contributed by atoms with Crippen LogP contribution in [0, 0.1) is 6.92 Å². The Morgan fingerprint density at radius 2 is 1.40 bits per heavy atom. The second-order valence-corrected chi connectivity index (χ2v) is 13.1. The number of aryl methyl sites for hydroxylation is 3. The van der Waals surface area contributed by atoms with E-state index in [1.807, 2.05) is 0 Å². The molecule has 2 aromatic heterocycles. The first-order valence-electron chi connectivity index (χ1n) is 16.7. The molecule has 2 atom stereocenters. The molecule has 0 N–H and O–H groups in total. The normalized spacial score (nSPS) is 19.0. The smallest absolute Gasteiger partial charge is 0.225 e. The largest absolute Gasteiger partial charge is 0.295 e. The molecule has 1 aliphatic heterocycles. The van der Waals surface area contributed by atoms with Crippen LogP contribution in [0.1, 0.15) is 63.1 Å². The van der Waals surface area contributed by atoms with Crippen molar-refractivity contribution < 1.29 is 9.13 Å². The molecule has 226 valence electrons. The van der Waals surface area contributed by atoms with Crippen molar-refractivity contribution in [3.05, 3.63) is 138 Å². The van der Waals surface area contributed by atoms with Crippen LogP contribution in [0.3, 0.4) is 0 Å². The van der Waals surface area contributed by atoms with Crippen LogP contribution in [0.2, 0.25) is 0 Å². The number of hydrogen-bond donors (Lipinski definition) is 0. The third kappa shape index (κ3) is 4.39. The number of rotatable bonds is 8. The van der Waals surface area contributed by atoms with Gasteiger partial charge in [0.2, 0.25) is 5.69 Å². The van der Waals surface area contributed by atoms with E-state index in [0.29, 0.717) is 0 Å². The molecule has 2 unspecified atom stereocenters. The summed E-state index contributed by atoms with van der Waals surface area (Å²) in [5.41, 5.74) is 12.0. The summed E-state index contributed by atoms with van der Waals surface area (Å²) in [6, 6.07) is 42.3. The fourth-order valence-corrected chi connectivity index (χ4v) is 8.64. The van der Waals surface area contributed by atoms with E-state index in [1.54, 1.807) is 0 Å². The molecule has 0 radical (unpaired) electrons. The molecule has 3 heterocycles. The highest BCUT2D eigenvalue weighted by Gasteiger charge is 2.59. The van der Waals surface area contributed by atoms with Crippen molar-refractivity contribution in [3.8, 4) is 28.3 Å². The molecule has 4 aromatic carbocycles. The predicted octanol–water partition coefficient (Wildman–Crippen LogP) is 9.19. The summed E-state index contributed by atoms with van der Waals surface area (Å²) in [6.07, 6.45) is 7.80. The first-order valence-corrected chi connectivity index (χ1v) is 16.7. The van der Waals surface area contributed by atoms with Gasteiger partial charge in [-0.1, -0.05) is 80.6 Å². The monoisotopic (exact) mass is 591 g/mol. The second-order valence-electron chi connectivity index (χ2n) is 13.1. The fraction of sp³-hybridized carbons (Fsp3) is 0.286. The van der Waals surface area contributed by atoms with Gasteiger partial charge in [-0.3, -0.25) is 0 Å². The first-order chi connectivity index (χ1) is 21.9. The van der Waals surface area contributed by atoms with E-state index in [4.69, 9.17) is 0 Å². The highest BCUT2D eigenvalue weighted by atomic mass is 15.2. The van der Waals surface area contributed by atoms with E-state index in [9.17, 15) is 0 Å². The van der Waals surface area contributed by atoms with Gasteiger partial charge in [0, 0.05) is 24.5 Å². The Hall–Kier alpha value is -4.50. The fourth-order valence-electron chi connectivity index (χ4n) is 8.64. The van der Waals surface area contributed by atoms with Gasteiger partial charge < -0.3 is 0 Å². The summed E-state index contributed by atoms with van der Waals surface area (Å²) in [7, 11) is 2.21. The van der Waals surface area contributed by atoms with Gasteiger partial charge in [-0.25, -0.2) is 4.57 Å². The molecule has 0 spiro atoms. The van der Waals surface area contributed by atoms with Crippen LogP contribution < -0.4 is 9.13 Å². The van der Waals surface area contributed by atoms with Gasteiger partial charge in [-0.05, 0) is 86.7 Å². The predicted molar refractivity (Wildman–Crippen MR) is 186 cm³/mol. The van der Waals surface area contributed by atoms with Crippen molar-refractivity contribution >= 4 is 11.0 Å². The number of hydrogen-bond acceptors (Lipinski definition) is 0. The molecular weight excluding hydrogens is 546 g/mol. The van der Waals surface area contributed by atoms with Crippen molar-refractivity contribution in [1.29, 1.82) is 0 Å². The van der Waals surface area contributed by atoms with Crippen LogP contribution in [0.25, 0.3) is 39.4 Å². The third-order valence-electron chi connectivity index (χ3n) is 11.1. The Kier molecular flexibility index (Phi) is 7.44. The Morgan fingerprint density at radius 1 is 0.711 bits per heavy atom. The highest BCUT2D eigenvalue weighted by Crippen LogP contribution is 2.52. The maximum Gasteiger partial charge on any atom is 0.295 e. The van der Waals surface area contributed by atoms with E-state index >= 15 is 0 Å². The number of nitrogens with zero attached hydrogens (tertiary/aromatic N) is 3. The zero-order valence-electron chi connectivity index (χ0n) is 27.4. The number of benzene rings is 4. The summed E-state index contributed by atoms with van der Waals surface area (Å²) in [4.78, 5) is 0. The molecule has 1 aliphatic rings. The SMILES string of the molecule is CCC1(C)c2ccccc2-c2c(C)ccc[n+]2C1(CC)CCCc1ccccc1-c1n(-c2ccccc2)c2ccccc2[n+]1C. The van der Waals surface area contributed by atoms with Crippen molar-refractivity contribution in [2.45, 2.75) is 70.8 Å². The van der Waals surface area contributed by atoms with Crippen molar-refractivity contribution in [3.63, 3.8) is 0 Å². The van der Waals surface area contributed by atoms with Crippen LogP contribution in [-0.2, 0) is 24.4 Å². The Balaban J connectivity index is 1.31. The minimum Gasteiger partial charge on any atom is -0.225 e. The van der Waals surface area contributed by atoms with Crippen molar-refractivity contribution in [1.82, 2.24) is 4.57 Å². The Labute approximate surface area is 268 Å². The second kappa shape index (κ2) is 11.5. The molecule has 6 aromatic rings.